The number of hydrogen-bond acceptors (Lipinski definition) is 10. The molecule has 1 unspecified atom stereocenters. The lowest BCUT2D eigenvalue weighted by Crippen LogP contribution is -2.10. The van der Waals surface area contributed by atoms with Gasteiger partial charge in [0.05, 0.1) is 24.6 Å². The quantitative estimate of drug-likeness (QED) is 0.606. The summed E-state index contributed by atoms with van der Waals surface area (Å²) in [6, 6.07) is 5.61. The van der Waals surface area contributed by atoms with E-state index in [1.165, 1.54) is 0 Å². The molecule has 1 atom stereocenters. The minimum Gasteiger partial charge on any atom is -0.481 e. The Kier molecular flexibility index (Phi) is 4.67. The van der Waals surface area contributed by atoms with Crippen molar-refractivity contribution in [3.8, 4) is 17.3 Å². The molecule has 0 aliphatic carbocycles. The van der Waals surface area contributed by atoms with Crippen molar-refractivity contribution in [3.63, 3.8) is 0 Å². The molecular formula is C18H19N9O. The van der Waals surface area contributed by atoms with E-state index in [9.17, 15) is 0 Å². The Hall–Kier alpha value is -3.82. The molecular weight excluding hydrogens is 358 g/mol. The lowest BCUT2D eigenvalue weighted by Gasteiger charge is -2.14. The second kappa shape index (κ2) is 7.43. The topological polar surface area (TPSA) is 136 Å². The highest BCUT2D eigenvalue weighted by Gasteiger charge is 2.18. The zero-order valence-corrected chi connectivity index (χ0v) is 15.4. The van der Waals surface area contributed by atoms with E-state index in [2.05, 4.69) is 40.8 Å². The van der Waals surface area contributed by atoms with Crippen molar-refractivity contribution >= 4 is 23.7 Å². The molecule has 4 heterocycles. The highest BCUT2D eigenvalue weighted by molar-refractivity contribution is 5.77. The molecule has 28 heavy (non-hydrogen) atoms. The summed E-state index contributed by atoms with van der Waals surface area (Å²) in [5, 5.41) is 7.34. The lowest BCUT2D eigenvalue weighted by molar-refractivity contribution is 0.398. The van der Waals surface area contributed by atoms with Crippen LogP contribution in [0, 0.1) is 6.92 Å². The van der Waals surface area contributed by atoms with Gasteiger partial charge < -0.3 is 21.2 Å². The van der Waals surface area contributed by atoms with Gasteiger partial charge >= 0.3 is 0 Å². The number of aryl methyl sites for hydroxylation is 1. The fourth-order valence-electron chi connectivity index (χ4n) is 2.84. The normalized spacial score (nSPS) is 15.3. The van der Waals surface area contributed by atoms with Crippen molar-refractivity contribution in [1.29, 1.82) is 0 Å². The van der Waals surface area contributed by atoms with Gasteiger partial charge in [-0.2, -0.15) is 15.1 Å². The van der Waals surface area contributed by atoms with Gasteiger partial charge in [0.1, 0.15) is 11.6 Å². The van der Waals surface area contributed by atoms with Crippen molar-refractivity contribution in [2.24, 2.45) is 5.10 Å². The van der Waals surface area contributed by atoms with Crippen LogP contribution in [0.1, 0.15) is 17.3 Å². The first-order chi connectivity index (χ1) is 13.6. The molecule has 0 amide bonds. The SMILES string of the molecule is COc1ccc(Nc2ncc(C3C=NNC3)cc2-c2nc(C)nc(N)n2)cn1. The van der Waals surface area contributed by atoms with Gasteiger partial charge in [-0.3, -0.25) is 0 Å². The molecule has 0 fully saturated rings. The fraction of sp³-hybridized carbons (Fsp3) is 0.222. The number of ether oxygens (including phenoxy) is 1. The number of rotatable bonds is 5. The molecule has 4 N–H and O–H groups in total. The van der Waals surface area contributed by atoms with E-state index < -0.39 is 0 Å². The van der Waals surface area contributed by atoms with Gasteiger partial charge in [-0.25, -0.2) is 15.0 Å². The fourth-order valence-corrected chi connectivity index (χ4v) is 2.84. The average Bonchev–Trinajstić information content (AvgIpc) is 3.23. The molecule has 10 nitrogen and oxygen atoms in total. The molecule has 0 bridgehead atoms. The molecule has 0 aromatic carbocycles. The number of hydrazone groups is 1. The first-order valence-electron chi connectivity index (χ1n) is 8.64. The molecule has 3 aromatic rings. The maximum Gasteiger partial charge on any atom is 0.223 e. The average molecular weight is 377 g/mol. The minimum absolute atomic E-state index is 0.128. The van der Waals surface area contributed by atoms with E-state index in [1.807, 2.05) is 24.5 Å². The Morgan fingerprint density at radius 3 is 2.75 bits per heavy atom. The summed E-state index contributed by atoms with van der Waals surface area (Å²) in [6.45, 7) is 2.49. The van der Waals surface area contributed by atoms with Gasteiger partial charge in [0, 0.05) is 30.9 Å². The maximum absolute atomic E-state index is 5.83. The Morgan fingerprint density at radius 2 is 2.07 bits per heavy atom. The predicted molar refractivity (Wildman–Crippen MR) is 106 cm³/mol. The number of nitrogens with zero attached hydrogens (tertiary/aromatic N) is 6. The van der Waals surface area contributed by atoms with Gasteiger partial charge in [0.25, 0.3) is 0 Å². The van der Waals surface area contributed by atoms with Crippen LogP contribution < -0.4 is 21.2 Å². The number of nitrogens with one attached hydrogen (secondary N) is 2. The number of aromatic nitrogens is 5. The van der Waals surface area contributed by atoms with Crippen LogP contribution in [0.2, 0.25) is 0 Å². The zero-order valence-electron chi connectivity index (χ0n) is 15.4. The summed E-state index contributed by atoms with van der Waals surface area (Å²) in [6.07, 6.45) is 5.33. The Labute approximate surface area is 161 Å². The van der Waals surface area contributed by atoms with E-state index >= 15 is 0 Å². The molecule has 1 aliphatic rings. The first kappa shape index (κ1) is 17.6. The van der Waals surface area contributed by atoms with E-state index in [-0.39, 0.29) is 11.9 Å². The lowest BCUT2D eigenvalue weighted by atomic mass is 10.0. The Morgan fingerprint density at radius 1 is 1.18 bits per heavy atom. The Balaban J connectivity index is 1.76. The summed E-state index contributed by atoms with van der Waals surface area (Å²) < 4.78 is 5.10. The van der Waals surface area contributed by atoms with Crippen LogP contribution >= 0.6 is 0 Å². The van der Waals surface area contributed by atoms with Crippen molar-refractivity contribution in [3.05, 3.63) is 42.0 Å². The van der Waals surface area contributed by atoms with Crippen LogP contribution in [-0.4, -0.2) is 44.8 Å². The number of methoxy groups -OCH3 is 1. The van der Waals surface area contributed by atoms with Crippen LogP contribution in [0.3, 0.4) is 0 Å². The van der Waals surface area contributed by atoms with Crippen molar-refractivity contribution < 1.29 is 4.74 Å². The van der Waals surface area contributed by atoms with Crippen LogP contribution in [0.15, 0.2) is 35.7 Å². The number of nitrogens with two attached hydrogens (primary N) is 1. The highest BCUT2D eigenvalue weighted by Crippen LogP contribution is 2.30. The van der Waals surface area contributed by atoms with E-state index in [0.29, 0.717) is 35.5 Å². The molecule has 10 heteroatoms. The van der Waals surface area contributed by atoms with Gasteiger partial charge in [-0.15, -0.1) is 0 Å². The van der Waals surface area contributed by atoms with Gasteiger partial charge in [-0.05, 0) is 24.6 Å². The van der Waals surface area contributed by atoms with Crippen molar-refractivity contribution in [1.82, 2.24) is 30.3 Å². The van der Waals surface area contributed by atoms with Crippen molar-refractivity contribution in [2.75, 3.05) is 24.7 Å². The highest BCUT2D eigenvalue weighted by atomic mass is 16.5. The molecule has 0 saturated carbocycles. The van der Waals surface area contributed by atoms with E-state index in [4.69, 9.17) is 10.5 Å². The summed E-state index contributed by atoms with van der Waals surface area (Å²) in [5.74, 6) is 2.39. The summed E-state index contributed by atoms with van der Waals surface area (Å²) >= 11 is 0. The van der Waals surface area contributed by atoms with Crippen LogP contribution in [0.4, 0.5) is 17.5 Å². The van der Waals surface area contributed by atoms with Crippen LogP contribution in [0.25, 0.3) is 11.4 Å². The first-order valence-corrected chi connectivity index (χ1v) is 8.64. The van der Waals surface area contributed by atoms with E-state index in [1.54, 1.807) is 26.3 Å². The number of anilines is 3. The van der Waals surface area contributed by atoms with E-state index in [0.717, 1.165) is 11.3 Å². The van der Waals surface area contributed by atoms with Gasteiger partial charge in [0.2, 0.25) is 11.8 Å². The summed E-state index contributed by atoms with van der Waals surface area (Å²) in [7, 11) is 1.57. The largest absolute Gasteiger partial charge is 0.481 e. The third-order valence-electron chi connectivity index (χ3n) is 4.21. The third kappa shape index (κ3) is 3.65. The number of pyridine rings is 2. The molecule has 3 aromatic heterocycles. The molecule has 0 saturated heterocycles. The van der Waals surface area contributed by atoms with Crippen LogP contribution in [0.5, 0.6) is 5.88 Å². The van der Waals surface area contributed by atoms with Gasteiger partial charge in [-0.1, -0.05) is 0 Å². The maximum atomic E-state index is 5.83. The summed E-state index contributed by atoms with van der Waals surface area (Å²) in [5.41, 5.74) is 11.3. The summed E-state index contributed by atoms with van der Waals surface area (Å²) in [4.78, 5) is 21.6. The van der Waals surface area contributed by atoms with Gasteiger partial charge in [0.15, 0.2) is 5.82 Å². The van der Waals surface area contributed by atoms with Crippen molar-refractivity contribution in [2.45, 2.75) is 12.8 Å². The molecule has 142 valence electrons. The third-order valence-corrected chi connectivity index (χ3v) is 4.21. The number of hydrogen-bond donors (Lipinski definition) is 3. The molecule has 0 spiro atoms. The zero-order chi connectivity index (χ0) is 19.5. The van der Waals surface area contributed by atoms with Crippen LogP contribution in [-0.2, 0) is 0 Å². The predicted octanol–water partition coefficient (Wildman–Crippen LogP) is 1.64. The molecule has 4 rings (SSSR count). The minimum atomic E-state index is 0.128. The number of nitrogen functional groups attached to an aromatic ring is 1. The Bertz CT molecular complexity index is 1000. The second-order valence-corrected chi connectivity index (χ2v) is 6.19. The second-order valence-electron chi connectivity index (χ2n) is 6.19. The molecule has 0 radical (unpaired) electrons. The monoisotopic (exact) mass is 377 g/mol. The smallest absolute Gasteiger partial charge is 0.223 e. The molecule has 1 aliphatic heterocycles. The standard InChI is InChI=1S/C18H19N9O/c1-10-24-17(27-18(19)25-10)14-5-11(12-7-22-23-8-12)6-21-16(14)26-13-3-4-15(28-2)20-9-13/h3-7,9,12,23H,8H2,1-2H3,(H,21,26)(H2,19,24,25,27).